The van der Waals surface area contributed by atoms with Gasteiger partial charge in [0.2, 0.25) is 0 Å². The van der Waals surface area contributed by atoms with Crippen LogP contribution < -0.4 is 10.6 Å². The van der Waals surface area contributed by atoms with Gasteiger partial charge in [0.25, 0.3) is 0 Å². The van der Waals surface area contributed by atoms with Crippen molar-refractivity contribution in [2.24, 2.45) is 0 Å². The number of nitrogens with one attached hydrogen (secondary N) is 3. The third-order valence-corrected chi connectivity index (χ3v) is 4.67. The first-order valence-corrected chi connectivity index (χ1v) is 8.66. The van der Waals surface area contributed by atoms with E-state index < -0.39 is 11.7 Å². The van der Waals surface area contributed by atoms with E-state index in [9.17, 15) is 13.2 Å². The van der Waals surface area contributed by atoms with Gasteiger partial charge < -0.3 is 10.6 Å². The molecule has 4 rings (SSSR count). The molecular formula is C17H18F3N7. The van der Waals surface area contributed by atoms with Crippen LogP contribution in [-0.4, -0.2) is 44.7 Å². The normalized spacial score (nSPS) is 18.0. The summed E-state index contributed by atoms with van der Waals surface area (Å²) in [6.45, 7) is 3.72. The van der Waals surface area contributed by atoms with Crippen LogP contribution in [0, 0.1) is 6.92 Å². The highest BCUT2D eigenvalue weighted by molar-refractivity contribution is 5.93. The zero-order valence-electron chi connectivity index (χ0n) is 14.6. The molecule has 142 valence electrons. The number of H-pyrrole nitrogens is 1. The minimum Gasteiger partial charge on any atom is -0.365 e. The Kier molecular flexibility index (Phi) is 4.42. The highest BCUT2D eigenvalue weighted by atomic mass is 19.4. The van der Waals surface area contributed by atoms with Crippen LogP contribution in [0.4, 0.5) is 19.0 Å². The molecule has 7 nitrogen and oxygen atoms in total. The number of aromatic amines is 1. The smallest absolute Gasteiger partial charge is 0.365 e. The first-order valence-electron chi connectivity index (χ1n) is 8.66. The van der Waals surface area contributed by atoms with Gasteiger partial charge >= 0.3 is 6.18 Å². The molecule has 3 heterocycles. The Labute approximate surface area is 152 Å². The molecule has 1 saturated heterocycles. The van der Waals surface area contributed by atoms with Crippen molar-refractivity contribution in [3.8, 4) is 11.3 Å². The van der Waals surface area contributed by atoms with Gasteiger partial charge in [-0.1, -0.05) is 0 Å². The Bertz CT molecular complexity index is 961. The van der Waals surface area contributed by atoms with Crippen molar-refractivity contribution in [2.45, 2.75) is 32.0 Å². The molecule has 1 aromatic carbocycles. The van der Waals surface area contributed by atoms with Crippen molar-refractivity contribution < 1.29 is 13.2 Å². The number of hydrogen-bond acceptors (Lipinski definition) is 6. The van der Waals surface area contributed by atoms with Gasteiger partial charge in [0.05, 0.1) is 11.3 Å². The van der Waals surface area contributed by atoms with Gasteiger partial charge in [-0.15, -0.1) is 10.2 Å². The summed E-state index contributed by atoms with van der Waals surface area (Å²) in [6, 6.07) is 4.50. The van der Waals surface area contributed by atoms with E-state index in [2.05, 4.69) is 36.2 Å². The molecular weight excluding hydrogens is 359 g/mol. The Morgan fingerprint density at radius 3 is 2.67 bits per heavy atom. The molecule has 0 saturated carbocycles. The molecule has 2 aromatic heterocycles. The van der Waals surface area contributed by atoms with Crippen LogP contribution >= 0.6 is 0 Å². The van der Waals surface area contributed by atoms with Gasteiger partial charge in [-0.05, 0) is 50.1 Å². The molecule has 10 heteroatoms. The van der Waals surface area contributed by atoms with Gasteiger partial charge in [0, 0.05) is 18.2 Å². The van der Waals surface area contributed by atoms with Crippen LogP contribution in [0.3, 0.4) is 0 Å². The second-order valence-electron chi connectivity index (χ2n) is 6.63. The minimum absolute atomic E-state index is 0.124. The van der Waals surface area contributed by atoms with E-state index in [1.54, 1.807) is 0 Å². The lowest BCUT2D eigenvalue weighted by atomic mass is 10.0. The van der Waals surface area contributed by atoms with E-state index in [1.807, 2.05) is 13.0 Å². The molecule has 1 aliphatic heterocycles. The number of alkyl halides is 3. The van der Waals surface area contributed by atoms with Crippen LogP contribution in [0.2, 0.25) is 0 Å². The van der Waals surface area contributed by atoms with Gasteiger partial charge in [0.1, 0.15) is 16.9 Å². The van der Waals surface area contributed by atoms with E-state index in [4.69, 9.17) is 0 Å². The standard InChI is InChI=1S/C17H18F3N7/c1-9-7-13(22-10-3-2-6-21-8-10)23-24-14(9)11-4-5-12(17(18,19)20)16-15(11)25-27-26-16/h4-5,7,10,21H,2-3,6,8H2,1H3,(H,22,23)(H,25,26,27). The molecule has 1 aliphatic rings. The average Bonchev–Trinajstić information content (AvgIpc) is 3.11. The maximum Gasteiger partial charge on any atom is 0.418 e. The van der Waals surface area contributed by atoms with E-state index in [-0.39, 0.29) is 17.1 Å². The number of fused-ring (bicyclic) bond motifs is 1. The SMILES string of the molecule is Cc1cc(NC2CCCNC2)nnc1-c1ccc(C(F)(F)F)c2n[nH]nc12. The van der Waals surface area contributed by atoms with Crippen LogP contribution in [0.1, 0.15) is 24.0 Å². The molecule has 0 amide bonds. The van der Waals surface area contributed by atoms with E-state index in [0.717, 1.165) is 37.6 Å². The lowest BCUT2D eigenvalue weighted by molar-refractivity contribution is -0.136. The summed E-state index contributed by atoms with van der Waals surface area (Å²) in [5, 5.41) is 25.0. The second-order valence-corrected chi connectivity index (χ2v) is 6.63. The predicted octanol–water partition coefficient (Wildman–Crippen LogP) is 2.91. The zero-order chi connectivity index (χ0) is 19.0. The molecule has 3 N–H and O–H groups in total. The van der Waals surface area contributed by atoms with Crippen molar-refractivity contribution in [1.29, 1.82) is 0 Å². The number of benzene rings is 1. The first kappa shape index (κ1) is 17.7. The maximum atomic E-state index is 13.2. The van der Waals surface area contributed by atoms with Crippen molar-refractivity contribution >= 4 is 16.9 Å². The fourth-order valence-corrected chi connectivity index (χ4v) is 3.36. The van der Waals surface area contributed by atoms with Gasteiger partial charge in [0.15, 0.2) is 0 Å². The largest absolute Gasteiger partial charge is 0.418 e. The average molecular weight is 377 g/mol. The number of aryl methyl sites for hydroxylation is 1. The minimum atomic E-state index is -4.50. The molecule has 3 aromatic rings. The molecule has 0 bridgehead atoms. The third-order valence-electron chi connectivity index (χ3n) is 4.67. The van der Waals surface area contributed by atoms with E-state index >= 15 is 0 Å². The molecule has 0 radical (unpaired) electrons. The van der Waals surface area contributed by atoms with Gasteiger partial charge in [-0.25, -0.2) is 0 Å². The monoisotopic (exact) mass is 377 g/mol. The highest BCUT2D eigenvalue weighted by Gasteiger charge is 2.34. The summed E-state index contributed by atoms with van der Waals surface area (Å²) in [6.07, 6.45) is -2.36. The summed E-state index contributed by atoms with van der Waals surface area (Å²) in [5.41, 5.74) is 0.803. The fourth-order valence-electron chi connectivity index (χ4n) is 3.36. The number of piperidine rings is 1. The number of halogens is 3. The molecule has 1 fully saturated rings. The highest BCUT2D eigenvalue weighted by Crippen LogP contribution is 2.37. The number of rotatable bonds is 3. The Hall–Kier alpha value is -2.75. The number of aromatic nitrogens is 5. The van der Waals surface area contributed by atoms with Crippen molar-refractivity contribution in [3.05, 3.63) is 29.3 Å². The Morgan fingerprint density at radius 2 is 1.96 bits per heavy atom. The predicted molar refractivity (Wildman–Crippen MR) is 94.2 cm³/mol. The third kappa shape index (κ3) is 3.44. The summed E-state index contributed by atoms with van der Waals surface area (Å²) in [7, 11) is 0. The van der Waals surface area contributed by atoms with Gasteiger partial charge in [-0.2, -0.15) is 28.6 Å². The van der Waals surface area contributed by atoms with E-state index in [1.165, 1.54) is 6.07 Å². The number of nitrogens with zero attached hydrogens (tertiary/aromatic N) is 4. The topological polar surface area (TPSA) is 91.4 Å². The lowest BCUT2D eigenvalue weighted by Crippen LogP contribution is -2.38. The van der Waals surface area contributed by atoms with Crippen molar-refractivity contribution in [2.75, 3.05) is 18.4 Å². The molecule has 1 unspecified atom stereocenters. The summed E-state index contributed by atoms with van der Waals surface area (Å²) >= 11 is 0. The van der Waals surface area contributed by atoms with Crippen molar-refractivity contribution in [1.82, 2.24) is 30.9 Å². The van der Waals surface area contributed by atoms with Crippen LogP contribution in [0.15, 0.2) is 18.2 Å². The second kappa shape index (κ2) is 6.76. The van der Waals surface area contributed by atoms with Crippen molar-refractivity contribution in [3.63, 3.8) is 0 Å². The Balaban J connectivity index is 1.68. The zero-order valence-corrected chi connectivity index (χ0v) is 14.6. The molecule has 1 atom stereocenters. The number of hydrogen-bond donors (Lipinski definition) is 3. The van der Waals surface area contributed by atoms with E-state index in [0.29, 0.717) is 17.1 Å². The Morgan fingerprint density at radius 1 is 1.15 bits per heavy atom. The summed E-state index contributed by atoms with van der Waals surface area (Å²) in [4.78, 5) is 0. The van der Waals surface area contributed by atoms with Crippen LogP contribution in [0.25, 0.3) is 22.3 Å². The van der Waals surface area contributed by atoms with Gasteiger partial charge in [-0.3, -0.25) is 0 Å². The maximum absolute atomic E-state index is 13.2. The summed E-state index contributed by atoms with van der Waals surface area (Å²) in [5.74, 6) is 0.647. The van der Waals surface area contributed by atoms with Crippen LogP contribution in [0.5, 0.6) is 0 Å². The fraction of sp³-hybridized carbons (Fsp3) is 0.412. The molecule has 0 spiro atoms. The molecule has 27 heavy (non-hydrogen) atoms. The summed E-state index contributed by atoms with van der Waals surface area (Å²) < 4.78 is 39.5. The quantitative estimate of drug-likeness (QED) is 0.650. The van der Waals surface area contributed by atoms with Crippen LogP contribution in [-0.2, 0) is 6.18 Å². The first-order chi connectivity index (χ1) is 12.9. The molecule has 0 aliphatic carbocycles. The number of anilines is 1. The lowest BCUT2D eigenvalue weighted by Gasteiger charge is -2.24.